The average molecular weight is 221 g/mol. The molecule has 0 spiro atoms. The van der Waals surface area contributed by atoms with Gasteiger partial charge >= 0.3 is 0 Å². The van der Waals surface area contributed by atoms with Gasteiger partial charge in [0, 0.05) is 5.92 Å². The Morgan fingerprint density at radius 1 is 1.33 bits per heavy atom. The van der Waals surface area contributed by atoms with Crippen LogP contribution >= 0.6 is 0 Å². The highest BCUT2D eigenvalue weighted by Crippen LogP contribution is 2.16. The highest BCUT2D eigenvalue weighted by atomic mass is 28.3. The molecule has 0 saturated carbocycles. The second kappa shape index (κ2) is 4.62. The Morgan fingerprint density at radius 3 is 2.33 bits per heavy atom. The van der Waals surface area contributed by atoms with Crippen LogP contribution in [0.5, 0.6) is 0 Å². The van der Waals surface area contributed by atoms with E-state index in [2.05, 4.69) is 37.4 Å². The van der Waals surface area contributed by atoms with Gasteiger partial charge in [0.25, 0.3) is 0 Å². The fourth-order valence-electron chi connectivity index (χ4n) is 1.87. The first-order valence-corrected chi connectivity index (χ1v) is 8.49. The molecule has 2 nitrogen and oxygen atoms in total. The molecule has 0 heterocycles. The Hall–Kier alpha value is -1.09. The molecule has 1 unspecified atom stereocenters. The number of carbonyl (C=O) groups is 1. The van der Waals surface area contributed by atoms with E-state index in [1.54, 1.807) is 0 Å². The van der Waals surface area contributed by atoms with E-state index < -0.39 is 8.07 Å². The summed E-state index contributed by atoms with van der Waals surface area (Å²) in [6.45, 7) is 6.48. The van der Waals surface area contributed by atoms with Gasteiger partial charge in [-0.1, -0.05) is 55.5 Å². The summed E-state index contributed by atoms with van der Waals surface area (Å²) < 4.78 is 0. The van der Waals surface area contributed by atoms with Gasteiger partial charge in [0.2, 0.25) is 5.91 Å². The van der Waals surface area contributed by atoms with Crippen molar-refractivity contribution in [2.75, 3.05) is 0 Å². The van der Waals surface area contributed by atoms with Crippen molar-refractivity contribution in [1.29, 1.82) is 0 Å². The highest BCUT2D eigenvalue weighted by molar-refractivity contribution is 6.89. The van der Waals surface area contributed by atoms with E-state index in [-0.39, 0.29) is 11.8 Å². The van der Waals surface area contributed by atoms with Gasteiger partial charge in [-0.15, -0.1) is 0 Å². The van der Waals surface area contributed by atoms with Crippen molar-refractivity contribution < 1.29 is 4.79 Å². The van der Waals surface area contributed by atoms with Gasteiger partial charge in [-0.25, -0.2) is 0 Å². The molecule has 1 rings (SSSR count). The van der Waals surface area contributed by atoms with Crippen molar-refractivity contribution in [2.45, 2.75) is 26.1 Å². The standard InChI is InChI=1S/C12H19NOSi/c1-10(12(13)14)9-15(2,3)11-7-5-4-6-8-11/h4-8,10H,9H2,1-3H3,(H2,13,14). The molecular weight excluding hydrogens is 202 g/mol. The maximum Gasteiger partial charge on any atom is 0.219 e. The molecule has 1 aromatic carbocycles. The molecule has 0 aromatic heterocycles. The molecular formula is C12H19NOSi. The van der Waals surface area contributed by atoms with Crippen LogP contribution < -0.4 is 10.9 Å². The SMILES string of the molecule is CC(C[Si](C)(C)c1ccccc1)C(N)=O. The Morgan fingerprint density at radius 2 is 1.87 bits per heavy atom. The molecule has 0 fully saturated rings. The lowest BCUT2D eigenvalue weighted by Gasteiger charge is -2.25. The molecule has 0 aliphatic carbocycles. The van der Waals surface area contributed by atoms with Crippen LogP contribution in [0.15, 0.2) is 30.3 Å². The predicted octanol–water partition coefficient (Wildman–Crippen LogP) is 1.72. The van der Waals surface area contributed by atoms with Gasteiger partial charge in [-0.3, -0.25) is 4.79 Å². The van der Waals surface area contributed by atoms with E-state index in [9.17, 15) is 4.79 Å². The topological polar surface area (TPSA) is 43.1 Å². The Balaban J connectivity index is 2.80. The van der Waals surface area contributed by atoms with E-state index in [1.807, 2.05) is 13.0 Å². The van der Waals surface area contributed by atoms with Crippen LogP contribution in [0.4, 0.5) is 0 Å². The van der Waals surface area contributed by atoms with Crippen LogP contribution in [0.2, 0.25) is 19.1 Å². The van der Waals surface area contributed by atoms with Gasteiger partial charge in [0.05, 0.1) is 8.07 Å². The number of hydrogen-bond donors (Lipinski definition) is 1. The molecule has 15 heavy (non-hydrogen) atoms. The monoisotopic (exact) mass is 221 g/mol. The summed E-state index contributed by atoms with van der Waals surface area (Å²) in [5, 5.41) is 1.39. The van der Waals surface area contributed by atoms with Crippen molar-refractivity contribution in [2.24, 2.45) is 11.7 Å². The lowest BCUT2D eigenvalue weighted by Crippen LogP contribution is -2.44. The smallest absolute Gasteiger partial charge is 0.219 e. The fourth-order valence-corrected chi connectivity index (χ4v) is 4.94. The number of benzene rings is 1. The molecule has 3 heteroatoms. The largest absolute Gasteiger partial charge is 0.369 e. The van der Waals surface area contributed by atoms with E-state index in [1.165, 1.54) is 5.19 Å². The summed E-state index contributed by atoms with van der Waals surface area (Å²) in [6, 6.07) is 11.4. The summed E-state index contributed by atoms with van der Waals surface area (Å²) in [7, 11) is -1.51. The van der Waals surface area contributed by atoms with E-state index in [4.69, 9.17) is 5.73 Å². The number of rotatable bonds is 4. The molecule has 2 N–H and O–H groups in total. The van der Waals surface area contributed by atoms with E-state index in [0.29, 0.717) is 0 Å². The third kappa shape index (κ3) is 3.20. The summed E-state index contributed by atoms with van der Waals surface area (Å²) in [5.74, 6) is -0.210. The third-order valence-corrected chi connectivity index (χ3v) is 6.39. The minimum absolute atomic E-state index is 0.0214. The van der Waals surface area contributed by atoms with E-state index in [0.717, 1.165) is 6.04 Å². The number of nitrogens with two attached hydrogens (primary N) is 1. The zero-order valence-electron chi connectivity index (χ0n) is 9.66. The van der Waals surface area contributed by atoms with Crippen molar-refractivity contribution in [3.63, 3.8) is 0 Å². The Labute approximate surface area is 92.5 Å². The van der Waals surface area contributed by atoms with Crippen LogP contribution in [0.25, 0.3) is 0 Å². The average Bonchev–Trinajstić information content (AvgIpc) is 2.18. The summed E-state index contributed by atoms with van der Waals surface area (Å²) in [4.78, 5) is 11.1. The lowest BCUT2D eigenvalue weighted by atomic mass is 10.2. The number of hydrogen-bond acceptors (Lipinski definition) is 1. The Bertz CT molecular complexity index is 335. The van der Waals surface area contributed by atoms with Gasteiger partial charge in [0.1, 0.15) is 0 Å². The van der Waals surface area contributed by atoms with Gasteiger partial charge in [0.15, 0.2) is 0 Å². The predicted molar refractivity (Wildman–Crippen MR) is 66.7 cm³/mol. The first kappa shape index (κ1) is 12.0. The van der Waals surface area contributed by atoms with Crippen molar-refractivity contribution >= 4 is 19.2 Å². The molecule has 0 aliphatic rings. The van der Waals surface area contributed by atoms with Crippen molar-refractivity contribution in [3.05, 3.63) is 30.3 Å². The second-order valence-electron chi connectivity index (χ2n) is 4.76. The first-order chi connectivity index (χ1) is 6.93. The molecule has 0 bridgehead atoms. The normalized spacial score (nSPS) is 13.5. The van der Waals surface area contributed by atoms with Crippen LogP contribution in [0.3, 0.4) is 0 Å². The van der Waals surface area contributed by atoms with E-state index >= 15 is 0 Å². The summed E-state index contributed by atoms with van der Waals surface area (Å²) in [6.07, 6.45) is 0. The zero-order chi connectivity index (χ0) is 11.5. The van der Waals surface area contributed by atoms with Crippen LogP contribution in [-0.2, 0) is 4.79 Å². The first-order valence-electron chi connectivity index (χ1n) is 5.28. The second-order valence-corrected chi connectivity index (χ2v) is 9.51. The molecule has 1 amide bonds. The molecule has 82 valence electrons. The Kier molecular flexibility index (Phi) is 3.69. The molecule has 0 aliphatic heterocycles. The summed E-state index contributed by atoms with van der Waals surface area (Å²) >= 11 is 0. The fraction of sp³-hybridized carbons (Fsp3) is 0.417. The third-order valence-electron chi connectivity index (χ3n) is 2.86. The minimum Gasteiger partial charge on any atom is -0.369 e. The number of primary amides is 1. The number of amides is 1. The van der Waals surface area contributed by atoms with Gasteiger partial charge < -0.3 is 5.73 Å². The van der Waals surface area contributed by atoms with Crippen LogP contribution in [0.1, 0.15) is 6.92 Å². The minimum atomic E-state index is -1.51. The van der Waals surface area contributed by atoms with Crippen molar-refractivity contribution in [3.8, 4) is 0 Å². The molecule has 1 aromatic rings. The quantitative estimate of drug-likeness (QED) is 0.773. The van der Waals surface area contributed by atoms with Crippen LogP contribution in [-0.4, -0.2) is 14.0 Å². The van der Waals surface area contributed by atoms with Gasteiger partial charge in [-0.05, 0) is 6.04 Å². The van der Waals surface area contributed by atoms with Crippen LogP contribution in [0, 0.1) is 5.92 Å². The number of carbonyl (C=O) groups excluding carboxylic acids is 1. The maximum absolute atomic E-state index is 11.1. The molecule has 1 atom stereocenters. The zero-order valence-corrected chi connectivity index (χ0v) is 10.7. The molecule has 0 saturated heterocycles. The van der Waals surface area contributed by atoms with Crippen molar-refractivity contribution in [1.82, 2.24) is 0 Å². The summed E-state index contributed by atoms with van der Waals surface area (Å²) in [5.41, 5.74) is 5.30. The lowest BCUT2D eigenvalue weighted by molar-refractivity contribution is -0.120. The maximum atomic E-state index is 11.1. The highest BCUT2D eigenvalue weighted by Gasteiger charge is 2.27. The van der Waals surface area contributed by atoms with Gasteiger partial charge in [-0.2, -0.15) is 0 Å². The molecule has 0 radical (unpaired) electrons.